The number of aliphatic imine (C=N–C) groups is 1. The maximum absolute atomic E-state index is 12.3. The molecule has 6 nitrogen and oxygen atoms in total. The largest absolute Gasteiger partial charge is 0.444 e. The lowest BCUT2D eigenvalue weighted by Crippen LogP contribution is -2.49. The molecule has 1 amide bonds. The molecule has 0 aromatic rings. The quantitative estimate of drug-likeness (QED) is 0.613. The van der Waals surface area contributed by atoms with Crippen LogP contribution in [0.4, 0.5) is 4.79 Å². The monoisotopic (exact) mass is 352 g/mol. The number of carbonyl (C=O) groups excluding carboxylic acids is 1. The Morgan fingerprint density at radius 1 is 1.16 bits per heavy atom. The topological polar surface area (TPSA) is 57.2 Å². The van der Waals surface area contributed by atoms with Gasteiger partial charge in [-0.2, -0.15) is 0 Å². The molecule has 0 aromatic carbocycles. The van der Waals surface area contributed by atoms with Crippen molar-refractivity contribution < 1.29 is 9.53 Å². The van der Waals surface area contributed by atoms with Crippen LogP contribution in [0.15, 0.2) is 4.99 Å². The van der Waals surface area contributed by atoms with E-state index in [1.165, 1.54) is 12.8 Å². The van der Waals surface area contributed by atoms with E-state index in [1.54, 1.807) is 0 Å². The summed E-state index contributed by atoms with van der Waals surface area (Å²) in [4.78, 5) is 20.9. The standard InChI is InChI=1S/C19H36N4O2/c1-15-8-11-22(12-9-15)17(20-5)21-13-16-7-6-10-23(14-16)18(24)25-19(2,3)4/h15-16H,6-14H2,1-5H3,(H,20,21). The Balaban J connectivity index is 1.80. The molecule has 2 aliphatic rings. The number of ether oxygens (including phenoxy) is 1. The number of hydrogen-bond donors (Lipinski definition) is 1. The van der Waals surface area contributed by atoms with Gasteiger partial charge in [-0.3, -0.25) is 4.99 Å². The number of piperidine rings is 2. The molecule has 0 spiro atoms. The first-order valence-corrected chi connectivity index (χ1v) is 9.72. The van der Waals surface area contributed by atoms with E-state index < -0.39 is 5.60 Å². The van der Waals surface area contributed by atoms with Gasteiger partial charge in [-0.05, 0) is 58.3 Å². The lowest BCUT2D eigenvalue weighted by atomic mass is 9.98. The molecule has 144 valence electrons. The van der Waals surface area contributed by atoms with Crippen LogP contribution in [0.2, 0.25) is 0 Å². The van der Waals surface area contributed by atoms with Crippen molar-refractivity contribution in [3.05, 3.63) is 0 Å². The summed E-state index contributed by atoms with van der Waals surface area (Å²) in [5.74, 6) is 2.26. The van der Waals surface area contributed by atoms with Crippen molar-refractivity contribution in [1.82, 2.24) is 15.1 Å². The lowest BCUT2D eigenvalue weighted by molar-refractivity contribution is 0.0168. The summed E-state index contributed by atoms with van der Waals surface area (Å²) in [6.45, 7) is 12.6. The van der Waals surface area contributed by atoms with Gasteiger partial charge in [0.15, 0.2) is 5.96 Å². The van der Waals surface area contributed by atoms with Crippen molar-refractivity contribution in [2.45, 2.75) is 59.0 Å². The normalized spacial score (nSPS) is 23.6. The second-order valence-electron chi connectivity index (χ2n) is 8.53. The number of hydrogen-bond acceptors (Lipinski definition) is 3. The van der Waals surface area contributed by atoms with Gasteiger partial charge in [-0.15, -0.1) is 0 Å². The van der Waals surface area contributed by atoms with Gasteiger partial charge in [0.2, 0.25) is 0 Å². The fourth-order valence-electron chi connectivity index (χ4n) is 3.51. The zero-order valence-electron chi connectivity index (χ0n) is 16.7. The molecule has 1 atom stereocenters. The molecule has 1 N–H and O–H groups in total. The number of likely N-dealkylation sites (tertiary alicyclic amines) is 2. The van der Waals surface area contributed by atoms with E-state index in [-0.39, 0.29) is 6.09 Å². The van der Waals surface area contributed by atoms with Gasteiger partial charge in [0.25, 0.3) is 0 Å². The van der Waals surface area contributed by atoms with Crippen LogP contribution in [-0.4, -0.2) is 67.2 Å². The van der Waals surface area contributed by atoms with E-state index in [2.05, 4.69) is 22.1 Å². The number of rotatable bonds is 2. The predicted molar refractivity (Wildman–Crippen MR) is 102 cm³/mol. The summed E-state index contributed by atoms with van der Waals surface area (Å²) < 4.78 is 5.51. The Hall–Kier alpha value is -1.46. The summed E-state index contributed by atoms with van der Waals surface area (Å²) in [5.41, 5.74) is -0.435. The molecule has 2 rings (SSSR count). The third kappa shape index (κ3) is 6.40. The molecule has 2 aliphatic heterocycles. The van der Waals surface area contributed by atoms with Crippen molar-refractivity contribution in [2.75, 3.05) is 39.8 Å². The highest BCUT2D eigenvalue weighted by atomic mass is 16.6. The summed E-state index contributed by atoms with van der Waals surface area (Å²) in [6, 6.07) is 0. The third-order valence-electron chi connectivity index (χ3n) is 5.01. The highest BCUT2D eigenvalue weighted by Crippen LogP contribution is 2.20. The molecule has 0 saturated carbocycles. The summed E-state index contributed by atoms with van der Waals surface area (Å²) in [7, 11) is 1.86. The highest BCUT2D eigenvalue weighted by Gasteiger charge is 2.28. The Morgan fingerprint density at radius 2 is 1.84 bits per heavy atom. The molecule has 2 heterocycles. The average molecular weight is 353 g/mol. The van der Waals surface area contributed by atoms with Crippen LogP contribution in [0, 0.1) is 11.8 Å². The minimum atomic E-state index is -0.435. The second kappa shape index (κ2) is 8.77. The van der Waals surface area contributed by atoms with E-state index in [1.807, 2.05) is 32.7 Å². The zero-order chi connectivity index (χ0) is 18.4. The van der Waals surface area contributed by atoms with Crippen molar-refractivity contribution in [2.24, 2.45) is 16.8 Å². The molecule has 25 heavy (non-hydrogen) atoms. The molecular weight excluding hydrogens is 316 g/mol. The fraction of sp³-hybridized carbons (Fsp3) is 0.895. The van der Waals surface area contributed by atoms with Gasteiger partial charge in [-0.25, -0.2) is 4.79 Å². The Morgan fingerprint density at radius 3 is 2.44 bits per heavy atom. The third-order valence-corrected chi connectivity index (χ3v) is 5.01. The van der Waals surface area contributed by atoms with E-state index in [4.69, 9.17) is 4.74 Å². The summed E-state index contributed by atoms with van der Waals surface area (Å²) in [5, 5.41) is 3.53. The number of carbonyl (C=O) groups is 1. The van der Waals surface area contributed by atoms with Crippen LogP contribution in [-0.2, 0) is 4.74 Å². The average Bonchev–Trinajstić information content (AvgIpc) is 2.55. The molecule has 1 unspecified atom stereocenters. The second-order valence-corrected chi connectivity index (χ2v) is 8.53. The van der Waals surface area contributed by atoms with Gasteiger partial charge in [-0.1, -0.05) is 6.92 Å². The summed E-state index contributed by atoms with van der Waals surface area (Å²) >= 11 is 0. The molecule has 6 heteroatoms. The highest BCUT2D eigenvalue weighted by molar-refractivity contribution is 5.80. The maximum atomic E-state index is 12.3. The van der Waals surface area contributed by atoms with Crippen LogP contribution in [0.1, 0.15) is 53.4 Å². The van der Waals surface area contributed by atoms with E-state index in [0.29, 0.717) is 5.92 Å². The molecule has 0 aliphatic carbocycles. The molecule has 0 aromatic heterocycles. The van der Waals surface area contributed by atoms with Crippen LogP contribution in [0.25, 0.3) is 0 Å². The predicted octanol–water partition coefficient (Wildman–Crippen LogP) is 2.94. The van der Waals surface area contributed by atoms with Crippen molar-refractivity contribution in [3.63, 3.8) is 0 Å². The number of nitrogens with one attached hydrogen (secondary N) is 1. The van der Waals surface area contributed by atoms with Crippen LogP contribution in [0.5, 0.6) is 0 Å². The lowest BCUT2D eigenvalue weighted by Gasteiger charge is -2.36. The molecule has 0 radical (unpaired) electrons. The Kier molecular flexibility index (Phi) is 6.96. The van der Waals surface area contributed by atoms with Gasteiger partial charge in [0.05, 0.1) is 0 Å². The summed E-state index contributed by atoms with van der Waals surface area (Å²) in [6.07, 6.45) is 4.45. The smallest absolute Gasteiger partial charge is 0.410 e. The van der Waals surface area contributed by atoms with E-state index >= 15 is 0 Å². The fourth-order valence-corrected chi connectivity index (χ4v) is 3.51. The van der Waals surface area contributed by atoms with Gasteiger partial charge >= 0.3 is 6.09 Å². The number of guanidine groups is 1. The molecule has 0 bridgehead atoms. The molecule has 2 fully saturated rings. The maximum Gasteiger partial charge on any atom is 0.410 e. The number of nitrogens with zero attached hydrogens (tertiary/aromatic N) is 3. The minimum Gasteiger partial charge on any atom is -0.444 e. The first kappa shape index (κ1) is 19.9. The van der Waals surface area contributed by atoms with Crippen LogP contribution < -0.4 is 5.32 Å². The van der Waals surface area contributed by atoms with Crippen molar-refractivity contribution in [1.29, 1.82) is 0 Å². The number of amides is 1. The zero-order valence-corrected chi connectivity index (χ0v) is 16.7. The van der Waals surface area contributed by atoms with E-state index in [0.717, 1.165) is 57.4 Å². The SMILES string of the molecule is CN=C(NCC1CCCN(C(=O)OC(C)(C)C)C1)N1CCC(C)CC1. The van der Waals surface area contributed by atoms with Gasteiger partial charge in [0.1, 0.15) is 5.60 Å². The molecule has 2 saturated heterocycles. The molecular formula is C19H36N4O2. The van der Waals surface area contributed by atoms with Crippen LogP contribution >= 0.6 is 0 Å². The van der Waals surface area contributed by atoms with Crippen LogP contribution in [0.3, 0.4) is 0 Å². The van der Waals surface area contributed by atoms with Gasteiger partial charge in [0, 0.05) is 39.8 Å². The van der Waals surface area contributed by atoms with Crippen molar-refractivity contribution >= 4 is 12.1 Å². The first-order chi connectivity index (χ1) is 11.8. The Labute approximate surface area is 153 Å². The van der Waals surface area contributed by atoms with E-state index in [9.17, 15) is 4.79 Å². The van der Waals surface area contributed by atoms with Gasteiger partial charge < -0.3 is 19.9 Å². The minimum absolute atomic E-state index is 0.188. The Bertz CT molecular complexity index is 465. The van der Waals surface area contributed by atoms with Crippen molar-refractivity contribution in [3.8, 4) is 0 Å². The first-order valence-electron chi connectivity index (χ1n) is 9.72.